The normalized spacial score (nSPS) is 26.9. The number of phenols is 1. The number of amides is 2. The van der Waals surface area contributed by atoms with Gasteiger partial charge in [-0.25, -0.2) is 0 Å². The SMILES string of the molecule is C/C1=C/C=C/C(C)[C@H](O)CC(O)C[C@H](OC(=O)CC(=O)NCCNc2ccccc2)CC/C=C/OC2(C)Oc3c(C)c(O)c4c(c3C2=O)C2=NC3(CCN(CC(C)C)CC3)NC2=C(NC1=O)C4=O. The number of ketones is 2. The molecule has 364 valence electrons. The predicted octanol–water partition coefficient (Wildman–Crippen LogP) is 4.85. The summed E-state index contributed by atoms with van der Waals surface area (Å²) in [6.07, 6.45) is 5.57. The number of aromatic hydroxyl groups is 1. The molecular formula is C51H64N6O11. The monoisotopic (exact) mass is 936 g/mol. The van der Waals surface area contributed by atoms with Crippen molar-refractivity contribution in [3.8, 4) is 11.5 Å². The van der Waals surface area contributed by atoms with Crippen molar-refractivity contribution in [1.82, 2.24) is 20.9 Å². The number of anilines is 1. The van der Waals surface area contributed by atoms with Gasteiger partial charge in [0, 0.05) is 87.2 Å². The van der Waals surface area contributed by atoms with E-state index < -0.39 is 77.2 Å². The number of likely N-dealkylation sites (tertiary alicyclic amines) is 1. The van der Waals surface area contributed by atoms with Crippen molar-refractivity contribution < 1.29 is 53.5 Å². The highest BCUT2D eigenvalue weighted by Gasteiger charge is 2.54. The minimum Gasteiger partial charge on any atom is -0.507 e. The first-order valence-corrected chi connectivity index (χ1v) is 23.5. The average Bonchev–Trinajstić information content (AvgIpc) is 3.79. The summed E-state index contributed by atoms with van der Waals surface area (Å²) in [6.45, 7) is 13.6. The van der Waals surface area contributed by atoms with Gasteiger partial charge >= 0.3 is 11.8 Å². The molecule has 0 radical (unpaired) electrons. The van der Waals surface area contributed by atoms with Crippen molar-refractivity contribution in [3.05, 3.63) is 100 Å². The number of rotatable bonds is 9. The minimum absolute atomic E-state index is 0.0155. The van der Waals surface area contributed by atoms with E-state index in [0.717, 1.165) is 12.2 Å². The number of aliphatic hydroxyl groups is 2. The first kappa shape index (κ1) is 49.6. The maximum absolute atomic E-state index is 14.7. The van der Waals surface area contributed by atoms with Crippen LogP contribution in [0.5, 0.6) is 11.5 Å². The quantitative estimate of drug-likeness (QED) is 0.101. The summed E-state index contributed by atoms with van der Waals surface area (Å²) in [5, 5.41) is 46.2. The van der Waals surface area contributed by atoms with Gasteiger partial charge in [-0.1, -0.05) is 57.2 Å². The Bertz CT molecular complexity index is 2450. The third-order valence-electron chi connectivity index (χ3n) is 13.0. The second-order valence-electron chi connectivity index (χ2n) is 18.9. The molecule has 1 aliphatic carbocycles. The number of Topliss-reactive ketones (excluding diaryl/α,β-unsaturated/α-hetero) is 2. The van der Waals surface area contributed by atoms with Gasteiger partial charge in [-0.15, -0.1) is 0 Å². The lowest BCUT2D eigenvalue weighted by atomic mass is 9.82. The van der Waals surface area contributed by atoms with Crippen LogP contribution >= 0.6 is 0 Å². The van der Waals surface area contributed by atoms with Crippen LogP contribution in [0, 0.1) is 18.8 Å². The molecule has 3 unspecified atom stereocenters. The summed E-state index contributed by atoms with van der Waals surface area (Å²) < 4.78 is 18.0. The largest absolute Gasteiger partial charge is 0.507 e. The molecule has 2 aromatic carbocycles. The Balaban J connectivity index is 1.16. The van der Waals surface area contributed by atoms with Gasteiger partial charge in [0.1, 0.15) is 35.4 Å². The molecule has 0 saturated carbocycles. The second-order valence-corrected chi connectivity index (χ2v) is 18.9. The van der Waals surface area contributed by atoms with Gasteiger partial charge in [0.25, 0.3) is 11.7 Å². The number of fused-ring (bicyclic) bond motifs is 13. The smallest absolute Gasteiger partial charge is 0.315 e. The van der Waals surface area contributed by atoms with Crippen molar-refractivity contribution in [3.63, 3.8) is 0 Å². The Hall–Kier alpha value is -6.30. The molecule has 5 heterocycles. The number of allylic oxidation sites excluding steroid dienone is 5. The Morgan fingerprint density at radius 2 is 1.75 bits per heavy atom. The highest BCUT2D eigenvalue weighted by Crippen LogP contribution is 2.50. The van der Waals surface area contributed by atoms with E-state index in [1.807, 2.05) is 30.3 Å². The molecular weight excluding hydrogens is 873 g/mol. The number of carbonyl (C=O) groups is 5. The number of aliphatic imine (C=N–C) groups is 1. The molecule has 7 N–H and O–H groups in total. The number of hydrogen-bond acceptors (Lipinski definition) is 15. The molecule has 5 aliphatic heterocycles. The Morgan fingerprint density at radius 3 is 2.47 bits per heavy atom. The number of phenolic OH excluding ortho intramolecular Hbond substituents is 1. The minimum atomic E-state index is -1.94. The first-order chi connectivity index (χ1) is 32.4. The lowest BCUT2D eigenvalue weighted by Crippen LogP contribution is -2.50. The summed E-state index contributed by atoms with van der Waals surface area (Å²) in [5.74, 6) is -5.63. The van der Waals surface area contributed by atoms with Gasteiger partial charge in [-0.3, -0.25) is 29.0 Å². The third kappa shape index (κ3) is 11.0. The third-order valence-corrected chi connectivity index (χ3v) is 13.0. The van der Waals surface area contributed by atoms with Gasteiger partial charge in [0.15, 0.2) is 0 Å². The first-order valence-electron chi connectivity index (χ1n) is 23.5. The molecule has 17 heteroatoms. The van der Waals surface area contributed by atoms with Crippen LogP contribution in [0.4, 0.5) is 5.69 Å². The van der Waals surface area contributed by atoms with E-state index >= 15 is 0 Å². The number of nitrogens with one attached hydrogen (secondary N) is 4. The summed E-state index contributed by atoms with van der Waals surface area (Å²) in [5.41, 5.74) is 0.650. The molecule has 6 aliphatic rings. The molecule has 1 saturated heterocycles. The highest BCUT2D eigenvalue weighted by atomic mass is 16.7. The van der Waals surface area contributed by atoms with Crippen LogP contribution in [0.25, 0.3) is 0 Å². The fourth-order valence-corrected chi connectivity index (χ4v) is 9.18. The van der Waals surface area contributed by atoms with Gasteiger partial charge < -0.3 is 55.7 Å². The van der Waals surface area contributed by atoms with Crippen molar-refractivity contribution >= 4 is 40.7 Å². The number of nitrogens with zero attached hydrogens (tertiary/aromatic N) is 2. The molecule has 2 amide bonds. The molecule has 2 aromatic rings. The van der Waals surface area contributed by atoms with Gasteiger partial charge in [-0.2, -0.15) is 0 Å². The predicted molar refractivity (Wildman–Crippen MR) is 254 cm³/mol. The maximum Gasteiger partial charge on any atom is 0.315 e. The molecule has 0 aromatic heterocycles. The average molecular weight is 937 g/mol. The molecule has 1 fully saturated rings. The van der Waals surface area contributed by atoms with E-state index in [2.05, 4.69) is 40.0 Å². The van der Waals surface area contributed by atoms with E-state index in [4.69, 9.17) is 19.2 Å². The van der Waals surface area contributed by atoms with Crippen LogP contribution in [0.15, 0.2) is 82.9 Å². The molecule has 5 atom stereocenters. The zero-order valence-electron chi connectivity index (χ0n) is 39.6. The molecule has 8 rings (SSSR count). The van der Waals surface area contributed by atoms with Crippen LogP contribution in [-0.4, -0.2) is 118 Å². The standard InChI is InChI=1S/C51H64N6O11/c1-29(2)28-57-22-18-51(19-23-57)55-42-39-40-45(62)32(5)47-41(39)48(64)50(6,68-47)66-24-11-10-17-35(67-38(61)27-37(60)53-21-20-52-33-15-8-7-9-16-33)25-34(58)26-36(59)30(3)13-12-14-31(4)49(65)54-44(46(40)63)43(42)56-51/h7-9,11-16,24,29-30,34-36,52,56,58-59,62H,10,17-23,25-28H2,1-6H3,(H,53,60)(H,54,65)/b13-12+,24-11+,31-14-/t30?,34?,35-,36-,50?/m1/s1. The van der Waals surface area contributed by atoms with E-state index in [0.29, 0.717) is 38.4 Å². The van der Waals surface area contributed by atoms with Gasteiger partial charge in [-0.05, 0) is 57.2 Å². The summed E-state index contributed by atoms with van der Waals surface area (Å²) in [7, 11) is 0. The van der Waals surface area contributed by atoms with Crippen LogP contribution in [0.1, 0.15) is 111 Å². The number of benzene rings is 2. The number of ether oxygens (including phenoxy) is 3. The van der Waals surface area contributed by atoms with E-state index in [9.17, 15) is 39.3 Å². The topological polar surface area (TPSA) is 237 Å². The Morgan fingerprint density at radius 1 is 1.01 bits per heavy atom. The summed E-state index contributed by atoms with van der Waals surface area (Å²) in [4.78, 5) is 76.5. The van der Waals surface area contributed by atoms with E-state index in [1.54, 1.807) is 32.1 Å². The van der Waals surface area contributed by atoms with Crippen LogP contribution in [0.2, 0.25) is 0 Å². The number of aliphatic hydroxyl groups excluding tert-OH is 2. The second kappa shape index (κ2) is 20.9. The van der Waals surface area contributed by atoms with Gasteiger partial charge in [0.05, 0.1) is 41.0 Å². The van der Waals surface area contributed by atoms with Crippen LogP contribution < -0.4 is 26.0 Å². The van der Waals surface area contributed by atoms with E-state index in [1.165, 1.54) is 26.2 Å². The Kier molecular flexibility index (Phi) is 15.3. The number of para-hydroxylation sites is 1. The van der Waals surface area contributed by atoms with Crippen molar-refractivity contribution in [2.45, 2.75) is 116 Å². The lowest BCUT2D eigenvalue weighted by Gasteiger charge is -2.38. The molecule has 68 heavy (non-hydrogen) atoms. The molecule has 5 bridgehead atoms. The zero-order chi connectivity index (χ0) is 48.9. The van der Waals surface area contributed by atoms with E-state index in [-0.39, 0.29) is 82.9 Å². The maximum atomic E-state index is 14.7. The number of esters is 1. The number of carbonyl (C=O) groups excluding carboxylic acids is 5. The number of piperidine rings is 1. The van der Waals surface area contributed by atoms with Crippen LogP contribution in [-0.2, 0) is 23.9 Å². The lowest BCUT2D eigenvalue weighted by molar-refractivity contribution is -0.153. The molecule has 17 nitrogen and oxygen atoms in total. The van der Waals surface area contributed by atoms with Gasteiger partial charge in [0.2, 0.25) is 11.7 Å². The zero-order valence-corrected chi connectivity index (χ0v) is 39.6. The Labute approximate surface area is 396 Å². The summed E-state index contributed by atoms with van der Waals surface area (Å²) >= 11 is 0. The summed E-state index contributed by atoms with van der Waals surface area (Å²) in [6, 6.07) is 9.46. The fraction of sp³-hybridized carbons (Fsp3) is 0.490. The van der Waals surface area contributed by atoms with Crippen molar-refractivity contribution in [2.75, 3.05) is 38.0 Å². The number of hydrogen-bond donors (Lipinski definition) is 7. The van der Waals surface area contributed by atoms with Crippen molar-refractivity contribution in [1.29, 1.82) is 0 Å². The van der Waals surface area contributed by atoms with Crippen LogP contribution in [0.3, 0.4) is 0 Å². The highest BCUT2D eigenvalue weighted by molar-refractivity contribution is 6.34. The van der Waals surface area contributed by atoms with Crippen molar-refractivity contribution in [2.24, 2.45) is 16.8 Å². The molecule has 1 spiro atoms. The fourth-order valence-electron chi connectivity index (χ4n) is 9.18.